The van der Waals surface area contributed by atoms with Gasteiger partial charge in [-0.3, -0.25) is 9.78 Å². The van der Waals surface area contributed by atoms with Crippen LogP contribution >= 0.6 is 11.6 Å². The van der Waals surface area contributed by atoms with Crippen LogP contribution < -0.4 is 0 Å². The molecule has 1 aromatic carbocycles. The molecule has 2 heterocycles. The van der Waals surface area contributed by atoms with Gasteiger partial charge in [0.1, 0.15) is 5.69 Å². The standard InChI is InChI=1S/C14H9ClN2O/c15-8-12(18)11-6-5-10-4-3-9-2-1-7-16-13(9)14(10)17-11/h1-7H,8H2. The van der Waals surface area contributed by atoms with Crippen LogP contribution in [0.2, 0.25) is 0 Å². The summed E-state index contributed by atoms with van der Waals surface area (Å²) in [6.45, 7) is 0. The largest absolute Gasteiger partial charge is 0.291 e. The van der Waals surface area contributed by atoms with E-state index in [0.717, 1.165) is 21.8 Å². The van der Waals surface area contributed by atoms with Crippen LogP contribution in [-0.2, 0) is 0 Å². The summed E-state index contributed by atoms with van der Waals surface area (Å²) in [7, 11) is 0. The maximum Gasteiger partial charge on any atom is 0.195 e. The maximum absolute atomic E-state index is 11.6. The van der Waals surface area contributed by atoms with Gasteiger partial charge < -0.3 is 0 Å². The van der Waals surface area contributed by atoms with E-state index in [9.17, 15) is 4.79 Å². The molecule has 3 aromatic rings. The van der Waals surface area contributed by atoms with Gasteiger partial charge in [-0.25, -0.2) is 4.98 Å². The number of Topliss-reactive ketones (excluding diaryl/α,β-unsaturated/α-hetero) is 1. The first-order valence-corrected chi connectivity index (χ1v) is 6.07. The minimum absolute atomic E-state index is 0.0588. The van der Waals surface area contributed by atoms with Crippen LogP contribution in [0.1, 0.15) is 10.5 Å². The minimum Gasteiger partial charge on any atom is -0.291 e. The summed E-state index contributed by atoms with van der Waals surface area (Å²) in [5.41, 5.74) is 1.93. The quantitative estimate of drug-likeness (QED) is 0.402. The predicted octanol–water partition coefficient (Wildman–Crippen LogP) is 3.20. The van der Waals surface area contributed by atoms with E-state index < -0.39 is 0 Å². The molecule has 0 saturated carbocycles. The van der Waals surface area contributed by atoms with Gasteiger partial charge in [0.05, 0.1) is 16.9 Å². The maximum atomic E-state index is 11.6. The van der Waals surface area contributed by atoms with E-state index in [0.29, 0.717) is 5.69 Å². The van der Waals surface area contributed by atoms with Gasteiger partial charge in [0.2, 0.25) is 0 Å². The molecule has 88 valence electrons. The van der Waals surface area contributed by atoms with E-state index in [2.05, 4.69) is 9.97 Å². The SMILES string of the molecule is O=C(CCl)c1ccc2ccc3cccnc3c2n1. The number of alkyl halides is 1. The molecular weight excluding hydrogens is 248 g/mol. The third-order valence-corrected chi connectivity index (χ3v) is 3.08. The van der Waals surface area contributed by atoms with Crippen molar-refractivity contribution < 1.29 is 4.79 Å². The molecule has 0 atom stereocenters. The fraction of sp³-hybridized carbons (Fsp3) is 0.0714. The van der Waals surface area contributed by atoms with Crippen molar-refractivity contribution in [3.63, 3.8) is 0 Å². The molecule has 3 rings (SSSR count). The number of ketones is 1. The molecule has 4 heteroatoms. The lowest BCUT2D eigenvalue weighted by molar-refractivity contribution is 0.101. The topological polar surface area (TPSA) is 42.9 Å². The number of hydrogen-bond acceptors (Lipinski definition) is 3. The zero-order valence-corrected chi connectivity index (χ0v) is 10.2. The number of carbonyl (C=O) groups is 1. The second kappa shape index (κ2) is 4.35. The number of fused-ring (bicyclic) bond motifs is 3. The average Bonchev–Trinajstić information content (AvgIpc) is 2.45. The molecule has 2 aromatic heterocycles. The number of pyridine rings is 2. The summed E-state index contributed by atoms with van der Waals surface area (Å²) in [5.74, 6) is -0.233. The Labute approximate surface area is 108 Å². The van der Waals surface area contributed by atoms with Gasteiger partial charge in [-0.05, 0) is 12.1 Å². The summed E-state index contributed by atoms with van der Waals surface area (Å²) in [6.07, 6.45) is 1.72. The second-order valence-electron chi connectivity index (χ2n) is 3.97. The summed E-state index contributed by atoms with van der Waals surface area (Å²) in [6, 6.07) is 11.4. The highest BCUT2D eigenvalue weighted by Crippen LogP contribution is 2.22. The van der Waals surface area contributed by atoms with Crippen LogP contribution in [0.4, 0.5) is 0 Å². The third-order valence-electron chi connectivity index (χ3n) is 2.84. The van der Waals surface area contributed by atoms with Crippen molar-refractivity contribution in [3.8, 4) is 0 Å². The summed E-state index contributed by atoms with van der Waals surface area (Å²) in [5, 5.41) is 1.97. The molecule has 0 radical (unpaired) electrons. The van der Waals surface area contributed by atoms with Gasteiger partial charge in [0.15, 0.2) is 5.78 Å². The van der Waals surface area contributed by atoms with Gasteiger partial charge in [-0.2, -0.15) is 0 Å². The Morgan fingerprint density at radius 2 is 1.78 bits per heavy atom. The average molecular weight is 257 g/mol. The van der Waals surface area contributed by atoms with Crippen LogP contribution in [-0.4, -0.2) is 21.6 Å². The molecule has 0 unspecified atom stereocenters. The van der Waals surface area contributed by atoms with Crippen molar-refractivity contribution in [2.45, 2.75) is 0 Å². The summed E-state index contributed by atoms with van der Waals surface area (Å²) < 4.78 is 0. The van der Waals surface area contributed by atoms with E-state index in [-0.39, 0.29) is 11.7 Å². The Morgan fingerprint density at radius 1 is 1.06 bits per heavy atom. The first kappa shape index (κ1) is 11.1. The molecule has 3 nitrogen and oxygen atoms in total. The smallest absolute Gasteiger partial charge is 0.195 e. The molecule has 0 aliphatic rings. The van der Waals surface area contributed by atoms with Crippen molar-refractivity contribution in [1.29, 1.82) is 0 Å². The summed E-state index contributed by atoms with van der Waals surface area (Å²) >= 11 is 5.55. The van der Waals surface area contributed by atoms with E-state index in [4.69, 9.17) is 11.6 Å². The summed E-state index contributed by atoms with van der Waals surface area (Å²) in [4.78, 5) is 20.3. The Morgan fingerprint density at radius 3 is 2.56 bits per heavy atom. The van der Waals surface area contributed by atoms with Gasteiger partial charge in [0, 0.05) is 17.0 Å². The van der Waals surface area contributed by atoms with E-state index in [1.165, 1.54) is 0 Å². The van der Waals surface area contributed by atoms with Crippen molar-refractivity contribution in [2.24, 2.45) is 0 Å². The van der Waals surface area contributed by atoms with E-state index >= 15 is 0 Å². The number of rotatable bonds is 2. The molecular formula is C14H9ClN2O. The Hall–Kier alpha value is -2.00. The molecule has 18 heavy (non-hydrogen) atoms. The van der Waals surface area contributed by atoms with Crippen LogP contribution in [0.25, 0.3) is 21.8 Å². The van der Waals surface area contributed by atoms with Crippen LogP contribution in [0, 0.1) is 0 Å². The molecule has 0 aliphatic heterocycles. The molecule has 0 fully saturated rings. The van der Waals surface area contributed by atoms with Gasteiger partial charge >= 0.3 is 0 Å². The number of benzene rings is 1. The lowest BCUT2D eigenvalue weighted by Crippen LogP contribution is -2.03. The lowest BCUT2D eigenvalue weighted by atomic mass is 10.1. The lowest BCUT2D eigenvalue weighted by Gasteiger charge is -2.03. The number of hydrogen-bond donors (Lipinski definition) is 0. The fourth-order valence-electron chi connectivity index (χ4n) is 1.95. The molecule has 0 aliphatic carbocycles. The number of halogens is 1. The molecule has 0 amide bonds. The van der Waals surface area contributed by atoms with E-state index in [1.807, 2.05) is 30.3 Å². The first-order chi connectivity index (χ1) is 8.79. The zero-order valence-electron chi connectivity index (χ0n) is 9.43. The van der Waals surface area contributed by atoms with E-state index in [1.54, 1.807) is 12.3 Å². The predicted molar refractivity (Wildman–Crippen MR) is 72.1 cm³/mol. The highest BCUT2D eigenvalue weighted by molar-refractivity contribution is 6.30. The monoisotopic (exact) mass is 256 g/mol. The van der Waals surface area contributed by atoms with Crippen molar-refractivity contribution in [2.75, 3.05) is 5.88 Å². The number of aromatic nitrogens is 2. The Kier molecular flexibility index (Phi) is 2.68. The molecule has 0 bridgehead atoms. The number of carbonyl (C=O) groups excluding carboxylic acids is 1. The van der Waals surface area contributed by atoms with Gasteiger partial charge in [-0.15, -0.1) is 11.6 Å². The zero-order chi connectivity index (χ0) is 12.5. The molecule has 0 N–H and O–H groups in total. The van der Waals surface area contributed by atoms with Crippen LogP contribution in [0.5, 0.6) is 0 Å². The third kappa shape index (κ3) is 1.73. The van der Waals surface area contributed by atoms with Crippen molar-refractivity contribution >= 4 is 39.2 Å². The van der Waals surface area contributed by atoms with Crippen molar-refractivity contribution in [1.82, 2.24) is 9.97 Å². The second-order valence-corrected chi connectivity index (χ2v) is 4.23. The number of nitrogens with zero attached hydrogens (tertiary/aromatic N) is 2. The van der Waals surface area contributed by atoms with Crippen LogP contribution in [0.15, 0.2) is 42.6 Å². The fourth-order valence-corrected chi connectivity index (χ4v) is 2.08. The minimum atomic E-state index is -0.175. The highest BCUT2D eigenvalue weighted by Gasteiger charge is 2.09. The highest BCUT2D eigenvalue weighted by atomic mass is 35.5. The molecule has 0 saturated heterocycles. The Bertz CT molecular complexity index is 755. The molecule has 0 spiro atoms. The van der Waals surface area contributed by atoms with Crippen molar-refractivity contribution in [3.05, 3.63) is 48.3 Å². The Balaban J connectivity index is 2.36. The van der Waals surface area contributed by atoms with Gasteiger partial charge in [0.25, 0.3) is 0 Å². The van der Waals surface area contributed by atoms with Gasteiger partial charge in [-0.1, -0.05) is 24.3 Å². The van der Waals surface area contributed by atoms with Crippen LogP contribution in [0.3, 0.4) is 0 Å². The first-order valence-electron chi connectivity index (χ1n) is 5.53. The normalized spacial score (nSPS) is 10.9.